The SMILES string of the molecule is O=C(O[C@@H]1[C@@H](OC(=O)c2ccccc2)[C@H](O[C@H]2[C@H](OCc3ccccc3)[C@@H](OCc3ccccc3)[C@@H](O)O[C@@H]2COCc2ccccc2)O[C@H](COC(c2ccccc2)(c2ccccc2)c2ccccc2)[C@H]1OC(=O)c1ccccc1)c1ccccc1. The first kappa shape index (κ1) is 59.8. The lowest BCUT2D eigenvalue weighted by molar-refractivity contribution is -0.364. The minimum absolute atomic E-state index is 0.0185. The second-order valence-electron chi connectivity index (χ2n) is 21.0. The molecule has 2 fully saturated rings. The van der Waals surface area contributed by atoms with Crippen LogP contribution in [0.2, 0.25) is 0 Å². The smallest absolute Gasteiger partial charge is 0.338 e. The lowest BCUT2D eigenvalue weighted by atomic mass is 9.80. The van der Waals surface area contributed by atoms with E-state index in [1.54, 1.807) is 91.0 Å². The number of aliphatic hydroxyl groups excluding tert-OH is 1. The molecule has 14 heteroatoms. The normalized spacial score (nSPS) is 21.9. The van der Waals surface area contributed by atoms with Gasteiger partial charge in [0, 0.05) is 0 Å². The summed E-state index contributed by atoms with van der Waals surface area (Å²) >= 11 is 0. The molecule has 2 heterocycles. The van der Waals surface area contributed by atoms with E-state index in [0.717, 1.165) is 33.4 Å². The van der Waals surface area contributed by atoms with Gasteiger partial charge in [0.15, 0.2) is 30.9 Å². The fourth-order valence-corrected chi connectivity index (χ4v) is 10.9. The minimum Gasteiger partial charge on any atom is -0.452 e. The molecule has 0 aromatic heterocycles. The molecule has 0 radical (unpaired) electrons. The molecule has 2 aliphatic rings. The highest BCUT2D eigenvalue weighted by atomic mass is 16.8. The van der Waals surface area contributed by atoms with Crippen LogP contribution in [0.5, 0.6) is 0 Å². The van der Waals surface area contributed by atoms with Gasteiger partial charge < -0.3 is 52.5 Å². The number of ether oxygens (including phenoxy) is 10. The van der Waals surface area contributed by atoms with Crippen molar-refractivity contribution in [2.45, 2.75) is 86.8 Å². The van der Waals surface area contributed by atoms with Gasteiger partial charge in [-0.05, 0) is 69.8 Å². The number of esters is 3. The number of aliphatic hydroxyl groups is 1. The molecular weight excluding hydrogens is 1100 g/mol. The number of carbonyl (C=O) groups excluding carboxylic acids is 3. The molecule has 9 aromatic rings. The molecule has 2 saturated heterocycles. The Hall–Kier alpha value is -8.93. The molecule has 0 aliphatic carbocycles. The monoisotopic (exact) mass is 1170 g/mol. The average Bonchev–Trinajstić information content (AvgIpc) is 1.17. The van der Waals surface area contributed by atoms with Crippen LogP contribution in [0.1, 0.15) is 64.5 Å². The van der Waals surface area contributed by atoms with Crippen LogP contribution in [0.15, 0.2) is 273 Å². The third-order valence-electron chi connectivity index (χ3n) is 15.2. The molecule has 11 rings (SSSR count). The van der Waals surface area contributed by atoms with Gasteiger partial charge in [0.05, 0.1) is 49.7 Å². The third kappa shape index (κ3) is 14.8. The number of hydrogen-bond donors (Lipinski definition) is 1. The van der Waals surface area contributed by atoms with Crippen LogP contribution in [0.4, 0.5) is 0 Å². The molecule has 442 valence electrons. The highest BCUT2D eigenvalue weighted by Crippen LogP contribution is 2.43. The van der Waals surface area contributed by atoms with Crippen LogP contribution in [0.25, 0.3) is 0 Å². The first-order valence-electron chi connectivity index (χ1n) is 29.0. The van der Waals surface area contributed by atoms with E-state index in [9.17, 15) is 19.5 Å². The maximum absolute atomic E-state index is 14.9. The topological polar surface area (TPSA) is 164 Å². The summed E-state index contributed by atoms with van der Waals surface area (Å²) in [6.45, 7) is -0.345. The van der Waals surface area contributed by atoms with Crippen LogP contribution >= 0.6 is 0 Å². The molecular formula is C73H66O14. The molecule has 0 amide bonds. The molecule has 0 bridgehead atoms. The van der Waals surface area contributed by atoms with Crippen molar-refractivity contribution in [1.29, 1.82) is 0 Å². The van der Waals surface area contributed by atoms with Crippen molar-refractivity contribution in [1.82, 2.24) is 0 Å². The van der Waals surface area contributed by atoms with Crippen molar-refractivity contribution in [3.8, 4) is 0 Å². The van der Waals surface area contributed by atoms with Crippen molar-refractivity contribution in [3.63, 3.8) is 0 Å². The van der Waals surface area contributed by atoms with Crippen LogP contribution in [-0.2, 0) is 72.8 Å². The average molecular weight is 1170 g/mol. The van der Waals surface area contributed by atoms with Crippen molar-refractivity contribution in [2.75, 3.05) is 13.2 Å². The maximum atomic E-state index is 14.9. The van der Waals surface area contributed by atoms with E-state index in [2.05, 4.69) is 0 Å². The van der Waals surface area contributed by atoms with Crippen LogP contribution in [0, 0.1) is 0 Å². The summed E-state index contributed by atoms with van der Waals surface area (Å²) in [5.74, 6) is -2.50. The fourth-order valence-electron chi connectivity index (χ4n) is 10.9. The first-order valence-corrected chi connectivity index (χ1v) is 29.0. The van der Waals surface area contributed by atoms with Gasteiger partial charge in [-0.25, -0.2) is 14.4 Å². The molecule has 14 nitrogen and oxygen atoms in total. The van der Waals surface area contributed by atoms with E-state index in [-0.39, 0.29) is 49.7 Å². The van der Waals surface area contributed by atoms with Crippen molar-refractivity contribution in [3.05, 3.63) is 323 Å². The number of carbonyl (C=O) groups is 3. The second-order valence-corrected chi connectivity index (χ2v) is 21.0. The molecule has 0 spiro atoms. The Morgan fingerprint density at radius 3 is 1.13 bits per heavy atom. The van der Waals surface area contributed by atoms with E-state index in [4.69, 9.17) is 47.4 Å². The Morgan fingerprint density at radius 1 is 0.356 bits per heavy atom. The Bertz CT molecular complexity index is 3440. The van der Waals surface area contributed by atoms with Crippen molar-refractivity contribution < 1.29 is 66.9 Å². The van der Waals surface area contributed by atoms with Gasteiger partial charge >= 0.3 is 17.9 Å². The third-order valence-corrected chi connectivity index (χ3v) is 15.2. The van der Waals surface area contributed by atoms with Gasteiger partial charge in [0.2, 0.25) is 0 Å². The zero-order valence-electron chi connectivity index (χ0n) is 47.5. The zero-order valence-corrected chi connectivity index (χ0v) is 47.5. The molecule has 0 saturated carbocycles. The van der Waals surface area contributed by atoms with Gasteiger partial charge in [0.25, 0.3) is 0 Å². The highest BCUT2D eigenvalue weighted by Gasteiger charge is 2.57. The van der Waals surface area contributed by atoms with E-state index in [0.29, 0.717) is 0 Å². The first-order chi connectivity index (χ1) is 42.8. The summed E-state index contributed by atoms with van der Waals surface area (Å²) in [4.78, 5) is 44.6. The summed E-state index contributed by atoms with van der Waals surface area (Å²) in [6, 6.07) is 82.5. The second kappa shape index (κ2) is 29.4. The Morgan fingerprint density at radius 2 is 0.701 bits per heavy atom. The van der Waals surface area contributed by atoms with E-state index in [1.165, 1.54) is 0 Å². The minimum atomic E-state index is -1.75. The number of benzene rings is 9. The summed E-state index contributed by atoms with van der Waals surface area (Å²) in [5, 5.41) is 12.2. The summed E-state index contributed by atoms with van der Waals surface area (Å²) in [6.07, 6.45) is -14.7. The van der Waals surface area contributed by atoms with E-state index >= 15 is 0 Å². The number of rotatable bonds is 24. The lowest BCUT2D eigenvalue weighted by Gasteiger charge is -2.49. The van der Waals surface area contributed by atoms with Crippen LogP contribution in [0.3, 0.4) is 0 Å². The van der Waals surface area contributed by atoms with Crippen molar-refractivity contribution >= 4 is 17.9 Å². The summed E-state index contributed by atoms with van der Waals surface area (Å²) in [7, 11) is 0. The largest absolute Gasteiger partial charge is 0.452 e. The van der Waals surface area contributed by atoms with Crippen LogP contribution < -0.4 is 0 Å². The maximum Gasteiger partial charge on any atom is 0.338 e. The van der Waals surface area contributed by atoms with Crippen molar-refractivity contribution in [2.24, 2.45) is 0 Å². The predicted octanol–water partition coefficient (Wildman–Crippen LogP) is 11.9. The molecule has 87 heavy (non-hydrogen) atoms. The molecule has 10 atom stereocenters. The quantitative estimate of drug-likeness (QED) is 0.0345. The Balaban J connectivity index is 1.07. The lowest BCUT2D eigenvalue weighted by Crippen LogP contribution is -2.67. The summed E-state index contributed by atoms with van der Waals surface area (Å²) in [5.41, 5.74) is 3.82. The van der Waals surface area contributed by atoms with E-state index < -0.39 is 84.9 Å². The molecule has 2 aliphatic heterocycles. The van der Waals surface area contributed by atoms with E-state index in [1.807, 2.05) is 182 Å². The zero-order chi connectivity index (χ0) is 59.6. The van der Waals surface area contributed by atoms with Gasteiger partial charge in [0.1, 0.15) is 36.1 Å². The van der Waals surface area contributed by atoms with Gasteiger partial charge in [-0.15, -0.1) is 0 Å². The number of hydrogen-bond acceptors (Lipinski definition) is 14. The Kier molecular flexibility index (Phi) is 20.2. The molecule has 9 aromatic carbocycles. The highest BCUT2D eigenvalue weighted by molar-refractivity contribution is 5.91. The van der Waals surface area contributed by atoms with Gasteiger partial charge in [-0.2, -0.15) is 0 Å². The Labute approximate surface area is 505 Å². The molecule has 0 unspecified atom stereocenters. The van der Waals surface area contributed by atoms with Crippen LogP contribution in [-0.4, -0.2) is 97.6 Å². The standard InChI is InChI=1S/C73H66O14/c74-68(54-34-16-4-17-35-54)84-63-61(50-81-73(57-40-22-7-23-41-57,58-42-24-8-25-43-58)59-44-26-9-27-45-59)83-72(67(86-70(76)56-38-20-6-21-39-56)65(63)85-69(75)55-36-18-5-19-37-55)87-62-60(49-78-46-51-28-10-1-11-29-51)82-71(77)66(80-48-53-32-14-3-15-33-53)64(62)79-47-52-30-12-2-13-31-52/h1-45,60-67,71-72,77H,46-50H2/t60-,61-,62-,63-,64+,65+,66-,67-,71+,72+/m1/s1. The van der Waals surface area contributed by atoms with Gasteiger partial charge in [-0.1, -0.05) is 237 Å². The molecule has 1 N–H and O–H groups in total. The predicted molar refractivity (Wildman–Crippen MR) is 323 cm³/mol. The fraction of sp³-hybridized carbons (Fsp3) is 0.219. The summed E-state index contributed by atoms with van der Waals surface area (Å²) < 4.78 is 68.6. The van der Waals surface area contributed by atoms with Gasteiger partial charge in [-0.3, -0.25) is 0 Å².